The molecule has 0 bridgehead atoms. The molecule has 4 rings (SSSR count). The summed E-state index contributed by atoms with van der Waals surface area (Å²) in [6.45, 7) is 6.06. The molecule has 0 aliphatic carbocycles. The minimum absolute atomic E-state index is 0.0445. The molecule has 0 aliphatic heterocycles. The van der Waals surface area contributed by atoms with Crippen LogP contribution in [0.4, 0.5) is 0 Å². The number of hydrogen-bond acceptors (Lipinski definition) is 6. The van der Waals surface area contributed by atoms with Crippen LogP contribution in [-0.2, 0) is 21.7 Å². The van der Waals surface area contributed by atoms with Gasteiger partial charge in [0.25, 0.3) is 0 Å². The zero-order valence-electron chi connectivity index (χ0n) is 18.9. The number of aliphatic hydroxyl groups is 1. The molecule has 0 saturated heterocycles. The Bertz CT molecular complexity index is 1410. The van der Waals surface area contributed by atoms with E-state index in [2.05, 4.69) is 10.2 Å². The predicted octanol–water partition coefficient (Wildman–Crippen LogP) is 4.18. The van der Waals surface area contributed by atoms with Crippen LogP contribution in [0.2, 0.25) is 0 Å². The van der Waals surface area contributed by atoms with E-state index in [0.29, 0.717) is 24.0 Å². The molecule has 0 aliphatic rings. The van der Waals surface area contributed by atoms with Crippen molar-refractivity contribution >= 4 is 20.9 Å². The van der Waals surface area contributed by atoms with Crippen molar-refractivity contribution in [3.8, 4) is 11.4 Å². The molecule has 172 valence electrons. The second-order valence-corrected chi connectivity index (χ2v) is 10.9. The van der Waals surface area contributed by atoms with Gasteiger partial charge >= 0.3 is 0 Å². The molecule has 3 aromatic carbocycles. The average molecular weight is 466 g/mol. The number of hydrogen-bond donors (Lipinski definition) is 2. The highest BCUT2D eigenvalue weighted by molar-refractivity contribution is 7.91. The maximum atomic E-state index is 13.3. The summed E-state index contributed by atoms with van der Waals surface area (Å²) in [5.41, 5.74) is 2.33. The molecule has 0 radical (unpaired) electrons. The zero-order valence-corrected chi connectivity index (χ0v) is 19.7. The maximum Gasteiger partial charge on any atom is 0.208 e. The summed E-state index contributed by atoms with van der Waals surface area (Å²) in [7, 11) is -3.80. The van der Waals surface area contributed by atoms with Crippen molar-refractivity contribution in [1.29, 1.82) is 0 Å². The van der Waals surface area contributed by atoms with E-state index in [1.807, 2.05) is 26.8 Å². The van der Waals surface area contributed by atoms with Crippen LogP contribution in [0.3, 0.4) is 0 Å². The molecule has 0 spiro atoms. The Hall–Kier alpha value is -3.23. The number of phenolic OH excluding ortho intramolecular Hbond substituents is 1. The Balaban J connectivity index is 1.91. The molecule has 33 heavy (non-hydrogen) atoms. The van der Waals surface area contributed by atoms with Crippen LogP contribution in [0, 0.1) is 0 Å². The lowest BCUT2D eigenvalue weighted by Crippen LogP contribution is -2.14. The summed E-state index contributed by atoms with van der Waals surface area (Å²) in [6.07, 6.45) is 1.21. The van der Waals surface area contributed by atoms with E-state index in [-0.39, 0.29) is 33.1 Å². The monoisotopic (exact) mass is 465 g/mol. The standard InChI is InChI=1S/C25H27N3O4S/c1-25(2,3)19-15-17(9-8-14-29)16-21(24(19)30)28-26-20-12-7-13-22(23(20)27-28)33(31,32)18-10-5-4-6-11-18/h4-7,10-13,15-16,29-30H,8-9,14H2,1-3H3. The number of aryl methyl sites for hydroxylation is 1. The Morgan fingerprint density at radius 1 is 0.970 bits per heavy atom. The van der Waals surface area contributed by atoms with Crippen molar-refractivity contribution in [3.63, 3.8) is 0 Å². The smallest absolute Gasteiger partial charge is 0.208 e. The second kappa shape index (κ2) is 8.61. The molecule has 4 aromatic rings. The van der Waals surface area contributed by atoms with E-state index >= 15 is 0 Å². The Morgan fingerprint density at radius 3 is 2.36 bits per heavy atom. The summed E-state index contributed by atoms with van der Waals surface area (Å²) < 4.78 is 26.5. The number of fused-ring (bicyclic) bond motifs is 1. The molecule has 1 aromatic heterocycles. The first kappa shape index (κ1) is 22.9. The summed E-state index contributed by atoms with van der Waals surface area (Å²) in [5, 5.41) is 29.3. The highest BCUT2D eigenvalue weighted by atomic mass is 32.2. The maximum absolute atomic E-state index is 13.3. The van der Waals surface area contributed by atoms with E-state index in [0.717, 1.165) is 11.1 Å². The normalized spacial score (nSPS) is 12.4. The third kappa shape index (κ3) is 4.36. The van der Waals surface area contributed by atoms with Crippen LogP contribution >= 0.6 is 0 Å². The fourth-order valence-corrected chi connectivity index (χ4v) is 5.22. The highest BCUT2D eigenvalue weighted by Gasteiger charge is 2.25. The Morgan fingerprint density at radius 2 is 1.70 bits per heavy atom. The number of phenols is 1. The first-order valence-corrected chi connectivity index (χ1v) is 12.2. The van der Waals surface area contributed by atoms with Gasteiger partial charge in [-0.2, -0.15) is 0 Å². The molecule has 0 fully saturated rings. The van der Waals surface area contributed by atoms with Gasteiger partial charge in [-0.25, -0.2) is 8.42 Å². The first-order valence-electron chi connectivity index (χ1n) is 10.8. The lowest BCUT2D eigenvalue weighted by atomic mass is 9.84. The fourth-order valence-electron chi connectivity index (χ4n) is 3.79. The van der Waals surface area contributed by atoms with Crippen LogP contribution in [0.15, 0.2) is 70.5 Å². The van der Waals surface area contributed by atoms with Gasteiger partial charge in [0.05, 0.1) is 4.90 Å². The van der Waals surface area contributed by atoms with Crippen LogP contribution in [0.5, 0.6) is 5.75 Å². The minimum Gasteiger partial charge on any atom is -0.505 e. The summed E-state index contributed by atoms with van der Waals surface area (Å²) >= 11 is 0. The fraction of sp³-hybridized carbons (Fsp3) is 0.280. The predicted molar refractivity (Wildman–Crippen MR) is 127 cm³/mol. The minimum atomic E-state index is -3.80. The molecule has 0 atom stereocenters. The molecule has 8 heteroatoms. The van der Waals surface area contributed by atoms with Crippen molar-refractivity contribution in [2.75, 3.05) is 6.61 Å². The van der Waals surface area contributed by atoms with Gasteiger partial charge in [0.1, 0.15) is 27.4 Å². The van der Waals surface area contributed by atoms with Gasteiger partial charge in [0.2, 0.25) is 9.84 Å². The number of aliphatic hydroxyl groups excluding tert-OH is 1. The lowest BCUT2D eigenvalue weighted by molar-refractivity contribution is 0.288. The number of rotatable bonds is 6. The van der Waals surface area contributed by atoms with E-state index in [1.54, 1.807) is 48.5 Å². The molecule has 2 N–H and O–H groups in total. The summed E-state index contributed by atoms with van der Waals surface area (Å²) in [5.74, 6) is 0.0445. The average Bonchev–Trinajstić information content (AvgIpc) is 3.22. The van der Waals surface area contributed by atoms with Gasteiger partial charge in [-0.05, 0) is 54.2 Å². The van der Waals surface area contributed by atoms with Crippen molar-refractivity contribution in [2.24, 2.45) is 0 Å². The van der Waals surface area contributed by atoms with Crippen molar-refractivity contribution < 1.29 is 18.6 Å². The summed E-state index contributed by atoms with van der Waals surface area (Å²) in [4.78, 5) is 1.53. The van der Waals surface area contributed by atoms with Crippen molar-refractivity contribution in [3.05, 3.63) is 71.8 Å². The SMILES string of the molecule is CC(C)(C)c1cc(CCCO)cc(-n2nc3cccc(S(=O)(=O)c4ccccc4)c3n2)c1O. The van der Waals surface area contributed by atoms with E-state index in [1.165, 1.54) is 10.9 Å². The quantitative estimate of drug-likeness (QED) is 0.443. The number of benzene rings is 3. The van der Waals surface area contributed by atoms with Crippen LogP contribution < -0.4 is 0 Å². The largest absolute Gasteiger partial charge is 0.505 e. The third-order valence-corrected chi connectivity index (χ3v) is 7.32. The topological polar surface area (TPSA) is 105 Å². The molecule has 1 heterocycles. The molecule has 7 nitrogen and oxygen atoms in total. The van der Waals surface area contributed by atoms with Crippen molar-refractivity contribution in [2.45, 2.75) is 48.8 Å². The number of sulfone groups is 1. The van der Waals surface area contributed by atoms with Gasteiger partial charge in [-0.1, -0.05) is 51.1 Å². The second-order valence-electron chi connectivity index (χ2n) is 9.02. The van der Waals surface area contributed by atoms with E-state index < -0.39 is 9.84 Å². The van der Waals surface area contributed by atoms with Crippen LogP contribution in [0.1, 0.15) is 38.3 Å². The lowest BCUT2D eigenvalue weighted by Gasteiger charge is -2.23. The van der Waals surface area contributed by atoms with E-state index in [4.69, 9.17) is 0 Å². The van der Waals surface area contributed by atoms with Crippen molar-refractivity contribution in [1.82, 2.24) is 15.0 Å². The van der Waals surface area contributed by atoms with Gasteiger partial charge < -0.3 is 10.2 Å². The Labute approximate surface area is 193 Å². The molecule has 0 unspecified atom stereocenters. The molecular formula is C25H27N3O4S. The molecular weight excluding hydrogens is 438 g/mol. The highest BCUT2D eigenvalue weighted by Crippen LogP contribution is 2.37. The summed E-state index contributed by atoms with van der Waals surface area (Å²) in [6, 6.07) is 16.8. The number of aromatic hydroxyl groups is 1. The number of nitrogens with zero attached hydrogens (tertiary/aromatic N) is 3. The zero-order chi connectivity index (χ0) is 23.8. The van der Waals surface area contributed by atoms with Gasteiger partial charge in [0.15, 0.2) is 0 Å². The third-order valence-electron chi connectivity index (χ3n) is 5.51. The Kier molecular flexibility index (Phi) is 5.99. The van der Waals surface area contributed by atoms with Gasteiger partial charge in [-0.3, -0.25) is 0 Å². The van der Waals surface area contributed by atoms with Gasteiger partial charge in [-0.15, -0.1) is 15.0 Å². The van der Waals surface area contributed by atoms with Crippen LogP contribution in [-0.4, -0.2) is 40.2 Å². The molecule has 0 saturated carbocycles. The number of aromatic nitrogens is 3. The van der Waals surface area contributed by atoms with Gasteiger partial charge in [0, 0.05) is 12.2 Å². The van der Waals surface area contributed by atoms with E-state index in [9.17, 15) is 18.6 Å². The first-order chi connectivity index (χ1) is 15.6. The molecule has 0 amide bonds. The van der Waals surface area contributed by atoms with Crippen LogP contribution in [0.25, 0.3) is 16.7 Å².